The molecule has 1 aliphatic carbocycles. The quantitative estimate of drug-likeness (QED) is 0.679. The van der Waals surface area contributed by atoms with Gasteiger partial charge in [0.25, 0.3) is 0 Å². The largest absolute Gasteiger partial charge is 0.333 e. The highest BCUT2D eigenvalue weighted by Gasteiger charge is 2.28. The van der Waals surface area contributed by atoms with E-state index < -0.39 is 0 Å². The summed E-state index contributed by atoms with van der Waals surface area (Å²) < 4.78 is 2.15. The van der Waals surface area contributed by atoms with Gasteiger partial charge in [-0.15, -0.1) is 0 Å². The molecule has 7 heteroatoms. The average Bonchev–Trinajstić information content (AvgIpc) is 3.17. The lowest BCUT2D eigenvalue weighted by Crippen LogP contribution is -2.32. The van der Waals surface area contributed by atoms with Crippen molar-refractivity contribution in [1.82, 2.24) is 14.9 Å². The summed E-state index contributed by atoms with van der Waals surface area (Å²) in [4.78, 5) is 15.4. The number of hydrogen-bond donors (Lipinski definition) is 1. The fourth-order valence-electron chi connectivity index (χ4n) is 2.79. The van der Waals surface area contributed by atoms with Gasteiger partial charge in [0.1, 0.15) is 0 Å². The van der Waals surface area contributed by atoms with Crippen LogP contribution in [0.2, 0.25) is 0 Å². The summed E-state index contributed by atoms with van der Waals surface area (Å²) in [5, 5.41) is 14.4. The number of thiophene rings is 1. The van der Waals surface area contributed by atoms with Gasteiger partial charge in [0.05, 0.1) is 11.3 Å². The van der Waals surface area contributed by atoms with E-state index in [0.717, 1.165) is 17.7 Å². The summed E-state index contributed by atoms with van der Waals surface area (Å²) in [6.07, 6.45) is 9.15. The second-order valence-corrected chi connectivity index (χ2v) is 6.14. The van der Waals surface area contributed by atoms with E-state index in [4.69, 9.17) is 0 Å². The smallest absolute Gasteiger partial charge is 0.324 e. The Morgan fingerprint density at radius 1 is 1.50 bits per heavy atom. The minimum absolute atomic E-state index is 0.208. The van der Waals surface area contributed by atoms with Crippen LogP contribution in [0.15, 0.2) is 30.9 Å². The molecular formula is C13H16N4O2S. The summed E-state index contributed by atoms with van der Waals surface area (Å²) in [5.74, 6) is 0. The Kier molecular flexibility index (Phi) is 3.79. The van der Waals surface area contributed by atoms with Crippen molar-refractivity contribution >= 4 is 16.3 Å². The fourth-order valence-corrected chi connectivity index (χ4v) is 3.56. The van der Waals surface area contributed by atoms with E-state index in [-0.39, 0.29) is 9.92 Å². The molecule has 1 N–H and O–H groups in total. The molecule has 1 aliphatic rings. The van der Waals surface area contributed by atoms with Crippen LogP contribution in [0.5, 0.6) is 0 Å². The molecule has 2 heterocycles. The Bertz CT molecular complexity index is 581. The zero-order chi connectivity index (χ0) is 13.9. The molecule has 0 bridgehead atoms. The normalized spacial score (nSPS) is 22.2. The second kappa shape index (κ2) is 5.72. The lowest BCUT2D eigenvalue weighted by Gasteiger charge is -2.21. The molecule has 0 aromatic carbocycles. The van der Waals surface area contributed by atoms with Crippen molar-refractivity contribution < 1.29 is 4.92 Å². The van der Waals surface area contributed by atoms with Crippen LogP contribution in [0, 0.1) is 10.1 Å². The van der Waals surface area contributed by atoms with E-state index >= 15 is 0 Å². The second-order valence-electron chi connectivity index (χ2n) is 4.99. The lowest BCUT2D eigenvalue weighted by atomic mass is 10.1. The van der Waals surface area contributed by atoms with Crippen LogP contribution < -0.4 is 5.32 Å². The third-order valence-electron chi connectivity index (χ3n) is 3.75. The highest BCUT2D eigenvalue weighted by atomic mass is 32.1. The standard InChI is InChI=1S/C13H16N4O2S/c18-17(19)13-5-4-10(20-13)8-15-11-2-1-3-12(11)16-7-6-14-9-16/h4-7,9,11-12,15H,1-3,8H2. The maximum Gasteiger partial charge on any atom is 0.324 e. The minimum atomic E-state index is -0.335. The maximum atomic E-state index is 10.7. The van der Waals surface area contributed by atoms with Gasteiger partial charge in [0.15, 0.2) is 0 Å². The van der Waals surface area contributed by atoms with Crippen molar-refractivity contribution in [3.8, 4) is 0 Å². The molecule has 6 nitrogen and oxygen atoms in total. The Morgan fingerprint density at radius 2 is 2.40 bits per heavy atom. The first-order valence-electron chi connectivity index (χ1n) is 6.68. The van der Waals surface area contributed by atoms with Gasteiger partial charge in [-0.3, -0.25) is 10.1 Å². The minimum Gasteiger partial charge on any atom is -0.333 e. The van der Waals surface area contributed by atoms with Crippen LogP contribution in [-0.2, 0) is 6.54 Å². The Balaban J connectivity index is 1.61. The molecule has 1 saturated carbocycles. The highest BCUT2D eigenvalue weighted by Crippen LogP contribution is 2.31. The fraction of sp³-hybridized carbons (Fsp3) is 0.462. The number of aromatic nitrogens is 2. The Hall–Kier alpha value is -1.73. The summed E-state index contributed by atoms with van der Waals surface area (Å²) in [7, 11) is 0. The zero-order valence-corrected chi connectivity index (χ0v) is 11.8. The molecule has 1 fully saturated rings. The first-order valence-corrected chi connectivity index (χ1v) is 7.49. The van der Waals surface area contributed by atoms with Gasteiger partial charge in [0, 0.05) is 42.0 Å². The van der Waals surface area contributed by atoms with Crippen LogP contribution in [0.1, 0.15) is 30.2 Å². The van der Waals surface area contributed by atoms with Crippen molar-refractivity contribution in [3.63, 3.8) is 0 Å². The predicted octanol–water partition coefficient (Wildman–Crippen LogP) is 2.74. The van der Waals surface area contributed by atoms with Crippen molar-refractivity contribution in [2.45, 2.75) is 37.9 Å². The van der Waals surface area contributed by atoms with Crippen molar-refractivity contribution in [3.05, 3.63) is 45.8 Å². The molecule has 0 saturated heterocycles. The van der Waals surface area contributed by atoms with Gasteiger partial charge in [-0.25, -0.2) is 4.98 Å². The zero-order valence-electron chi connectivity index (χ0n) is 10.9. The molecule has 2 aromatic rings. The van der Waals surface area contributed by atoms with Crippen LogP contribution >= 0.6 is 11.3 Å². The van der Waals surface area contributed by atoms with E-state index in [0.29, 0.717) is 18.6 Å². The van der Waals surface area contributed by atoms with Gasteiger partial charge in [0.2, 0.25) is 0 Å². The van der Waals surface area contributed by atoms with Gasteiger partial charge in [-0.1, -0.05) is 11.3 Å². The van der Waals surface area contributed by atoms with Crippen molar-refractivity contribution in [2.24, 2.45) is 0 Å². The Morgan fingerprint density at radius 3 is 3.10 bits per heavy atom. The number of nitro groups is 1. The van der Waals surface area contributed by atoms with E-state index in [1.807, 2.05) is 18.6 Å². The van der Waals surface area contributed by atoms with Gasteiger partial charge >= 0.3 is 5.00 Å². The summed E-state index contributed by atoms with van der Waals surface area (Å²) in [6.45, 7) is 0.689. The molecule has 0 aliphatic heterocycles. The molecule has 0 amide bonds. The third-order valence-corrected chi connectivity index (χ3v) is 4.79. The number of nitrogens with one attached hydrogen (secondary N) is 1. The Labute approximate surface area is 120 Å². The number of rotatable bonds is 5. The SMILES string of the molecule is O=[N+]([O-])c1ccc(CNC2CCCC2n2ccnc2)s1. The van der Waals surface area contributed by atoms with Crippen LogP contribution in [0.4, 0.5) is 5.00 Å². The highest BCUT2D eigenvalue weighted by molar-refractivity contribution is 7.15. The average molecular weight is 292 g/mol. The van der Waals surface area contributed by atoms with Crippen LogP contribution in [0.25, 0.3) is 0 Å². The van der Waals surface area contributed by atoms with Crippen molar-refractivity contribution in [1.29, 1.82) is 0 Å². The predicted molar refractivity (Wildman–Crippen MR) is 76.7 cm³/mol. The van der Waals surface area contributed by atoms with Crippen molar-refractivity contribution in [2.75, 3.05) is 0 Å². The molecule has 0 spiro atoms. The van der Waals surface area contributed by atoms with Crippen LogP contribution in [-0.4, -0.2) is 20.5 Å². The molecule has 0 radical (unpaired) electrons. The summed E-state index contributed by atoms with van der Waals surface area (Å²) in [5.41, 5.74) is 0. The monoisotopic (exact) mass is 292 g/mol. The molecular weight excluding hydrogens is 276 g/mol. The van der Waals surface area contributed by atoms with E-state index in [1.165, 1.54) is 17.8 Å². The topological polar surface area (TPSA) is 73.0 Å². The number of hydrogen-bond acceptors (Lipinski definition) is 5. The summed E-state index contributed by atoms with van der Waals surface area (Å²) in [6, 6.07) is 4.25. The molecule has 2 unspecified atom stereocenters. The molecule has 3 rings (SSSR count). The third kappa shape index (κ3) is 2.73. The van der Waals surface area contributed by atoms with E-state index in [1.54, 1.807) is 12.3 Å². The maximum absolute atomic E-state index is 10.7. The van der Waals surface area contributed by atoms with E-state index in [2.05, 4.69) is 14.9 Å². The number of nitrogens with zero attached hydrogens (tertiary/aromatic N) is 3. The lowest BCUT2D eigenvalue weighted by molar-refractivity contribution is -0.380. The molecule has 2 atom stereocenters. The van der Waals surface area contributed by atoms with Gasteiger partial charge in [-0.05, 0) is 25.3 Å². The van der Waals surface area contributed by atoms with Gasteiger partial charge < -0.3 is 9.88 Å². The molecule has 2 aromatic heterocycles. The first kappa shape index (κ1) is 13.3. The molecule has 20 heavy (non-hydrogen) atoms. The number of imidazole rings is 1. The van der Waals surface area contributed by atoms with Gasteiger partial charge in [-0.2, -0.15) is 0 Å². The summed E-state index contributed by atoms with van der Waals surface area (Å²) >= 11 is 1.24. The van der Waals surface area contributed by atoms with E-state index in [9.17, 15) is 10.1 Å². The molecule has 106 valence electrons. The first-order chi connectivity index (χ1) is 9.74. The van der Waals surface area contributed by atoms with Crippen LogP contribution in [0.3, 0.4) is 0 Å².